The summed E-state index contributed by atoms with van der Waals surface area (Å²) < 4.78 is 2.01. The zero-order chi connectivity index (χ0) is 28.2. The fourth-order valence-electron chi connectivity index (χ4n) is 5.51. The highest BCUT2D eigenvalue weighted by Crippen LogP contribution is 2.59. The minimum atomic E-state index is -0.653. The molecule has 2 aliphatic rings. The van der Waals surface area contributed by atoms with Gasteiger partial charge in [0.2, 0.25) is 11.8 Å². The van der Waals surface area contributed by atoms with Crippen molar-refractivity contribution in [1.82, 2.24) is 34.6 Å². The first-order valence-corrected chi connectivity index (χ1v) is 13.5. The average Bonchev–Trinajstić information content (AvgIpc) is 3.30. The number of nitrogens with zero attached hydrogens (tertiary/aromatic N) is 7. The van der Waals surface area contributed by atoms with Crippen LogP contribution in [0.15, 0.2) is 47.6 Å². The first-order valence-electron chi connectivity index (χ1n) is 12.7. The Morgan fingerprint density at radius 2 is 1.90 bits per heavy atom. The quantitative estimate of drug-likeness (QED) is 0.303. The van der Waals surface area contributed by atoms with Crippen LogP contribution in [-0.4, -0.2) is 69.4 Å². The molecule has 0 radical (unpaired) electrons. The largest absolute Gasteiger partial charge is 0.388 e. The summed E-state index contributed by atoms with van der Waals surface area (Å²) in [6.45, 7) is 3.14. The van der Waals surface area contributed by atoms with Crippen molar-refractivity contribution >= 4 is 50.2 Å². The second-order valence-electron chi connectivity index (χ2n) is 10.5. The third kappa shape index (κ3) is 4.64. The zero-order valence-electron chi connectivity index (χ0n) is 21.7. The lowest BCUT2D eigenvalue weighted by atomic mass is 10.0. The minimum Gasteiger partial charge on any atom is -0.388 e. The summed E-state index contributed by atoms with van der Waals surface area (Å²) in [4.78, 5) is 57.6. The number of aromatic nitrogens is 6. The lowest BCUT2D eigenvalue weighted by Crippen LogP contribution is -2.46. The van der Waals surface area contributed by atoms with E-state index in [4.69, 9.17) is 0 Å². The van der Waals surface area contributed by atoms with Crippen LogP contribution in [0.1, 0.15) is 43.0 Å². The van der Waals surface area contributed by atoms with Crippen LogP contribution >= 0.6 is 15.9 Å². The summed E-state index contributed by atoms with van der Waals surface area (Å²) in [7, 11) is 0. The average molecular weight is 605 g/mol. The number of anilines is 1. The van der Waals surface area contributed by atoms with Crippen LogP contribution in [0.3, 0.4) is 0 Å². The Hall–Kier alpha value is -4.10. The number of carbonyl (C=O) groups is 3. The number of amides is 2. The topological polar surface area (TPSA) is 156 Å². The number of benzene rings is 1. The number of carbonyl (C=O) groups excluding carboxylic acids is 3. The van der Waals surface area contributed by atoms with E-state index in [0.717, 1.165) is 12.0 Å². The highest BCUT2D eigenvalue weighted by Gasteiger charge is 2.64. The van der Waals surface area contributed by atoms with Crippen molar-refractivity contribution in [3.05, 3.63) is 59.1 Å². The number of likely N-dealkylation sites (tertiary alicyclic amines) is 1. The molecule has 12 nitrogen and oxygen atoms in total. The number of rotatable bonds is 7. The van der Waals surface area contributed by atoms with Gasteiger partial charge in [0.05, 0.1) is 17.9 Å². The molecule has 0 bridgehead atoms. The summed E-state index contributed by atoms with van der Waals surface area (Å²) in [5.74, 6) is -0.186. The molecular weight excluding hydrogens is 580 g/mol. The number of hydrogen-bond donors (Lipinski definition) is 2. The Labute approximate surface area is 237 Å². The Morgan fingerprint density at radius 1 is 1.12 bits per heavy atom. The van der Waals surface area contributed by atoms with Gasteiger partial charge in [0.25, 0.3) is 0 Å². The van der Waals surface area contributed by atoms with Crippen molar-refractivity contribution in [3.63, 3.8) is 0 Å². The maximum absolute atomic E-state index is 13.7. The fraction of sp³-hybridized carbons (Fsp3) is 0.333. The first kappa shape index (κ1) is 26.1. The molecule has 1 saturated carbocycles. The molecule has 2 amide bonds. The van der Waals surface area contributed by atoms with Crippen molar-refractivity contribution in [2.24, 2.45) is 5.41 Å². The van der Waals surface area contributed by atoms with E-state index in [1.165, 1.54) is 24.0 Å². The van der Waals surface area contributed by atoms with Gasteiger partial charge in [-0.25, -0.2) is 15.0 Å². The minimum absolute atomic E-state index is 0.0352. The molecule has 2 fully saturated rings. The predicted octanol–water partition coefficient (Wildman–Crippen LogP) is 2.76. The molecule has 3 atom stereocenters. The van der Waals surface area contributed by atoms with Gasteiger partial charge in [-0.1, -0.05) is 13.0 Å². The first-order chi connectivity index (χ1) is 19.2. The van der Waals surface area contributed by atoms with Gasteiger partial charge < -0.3 is 15.3 Å². The lowest BCUT2D eigenvalue weighted by Gasteiger charge is -2.26. The number of halogens is 1. The van der Waals surface area contributed by atoms with Crippen LogP contribution in [0.2, 0.25) is 0 Å². The normalized spacial score (nSPS) is 21.4. The Bertz CT molecular complexity index is 1670. The molecule has 2 N–H and O–H groups in total. The third-order valence-electron chi connectivity index (χ3n) is 7.63. The molecule has 0 unspecified atom stereocenters. The van der Waals surface area contributed by atoms with Crippen molar-refractivity contribution in [3.8, 4) is 11.1 Å². The van der Waals surface area contributed by atoms with Crippen molar-refractivity contribution < 1.29 is 19.5 Å². The number of ketones is 1. The van der Waals surface area contributed by atoms with Crippen molar-refractivity contribution in [1.29, 1.82) is 0 Å². The van der Waals surface area contributed by atoms with Gasteiger partial charge >= 0.3 is 0 Å². The molecule has 1 aliphatic carbocycles. The van der Waals surface area contributed by atoms with Gasteiger partial charge in [-0.05, 0) is 51.9 Å². The van der Waals surface area contributed by atoms with Gasteiger partial charge in [0.1, 0.15) is 29.5 Å². The molecule has 3 aromatic heterocycles. The molecule has 1 aromatic carbocycles. The van der Waals surface area contributed by atoms with Gasteiger partial charge in [-0.15, -0.1) is 0 Å². The molecule has 6 rings (SSSR count). The monoisotopic (exact) mass is 604 g/mol. The van der Waals surface area contributed by atoms with Crippen molar-refractivity contribution in [2.75, 3.05) is 5.32 Å². The van der Waals surface area contributed by atoms with E-state index in [1.807, 2.05) is 12.1 Å². The number of aliphatic hydroxyl groups is 1. The fourth-order valence-corrected chi connectivity index (χ4v) is 5.82. The maximum Gasteiger partial charge on any atom is 0.248 e. The Morgan fingerprint density at radius 3 is 2.60 bits per heavy atom. The maximum atomic E-state index is 13.7. The second-order valence-corrected chi connectivity index (χ2v) is 11.3. The smallest absolute Gasteiger partial charge is 0.248 e. The summed E-state index contributed by atoms with van der Waals surface area (Å²) in [6, 6.07) is 4.78. The zero-order valence-corrected chi connectivity index (χ0v) is 23.3. The second kappa shape index (κ2) is 9.82. The molecule has 40 heavy (non-hydrogen) atoms. The van der Waals surface area contributed by atoms with Crippen LogP contribution in [0.4, 0.5) is 5.82 Å². The van der Waals surface area contributed by atoms with E-state index in [-0.39, 0.29) is 47.9 Å². The number of aliphatic hydroxyl groups excluding tert-OH is 1. The molecule has 204 valence electrons. The molecular formula is C27H25BrN8O4. The van der Waals surface area contributed by atoms with Gasteiger partial charge in [-0.2, -0.15) is 5.10 Å². The summed E-state index contributed by atoms with van der Waals surface area (Å²) in [6.07, 6.45) is 7.56. The van der Waals surface area contributed by atoms with E-state index in [1.54, 1.807) is 23.4 Å². The highest BCUT2D eigenvalue weighted by atomic mass is 79.9. The Balaban J connectivity index is 1.28. The summed E-state index contributed by atoms with van der Waals surface area (Å²) in [5.41, 5.74) is 2.24. The molecule has 1 saturated heterocycles. The van der Waals surface area contributed by atoms with Crippen LogP contribution in [0.25, 0.3) is 22.0 Å². The molecule has 13 heteroatoms. The van der Waals surface area contributed by atoms with Gasteiger partial charge in [0.15, 0.2) is 17.4 Å². The Kier molecular flexibility index (Phi) is 6.42. The number of piperidine rings is 1. The van der Waals surface area contributed by atoms with Crippen LogP contribution in [0.5, 0.6) is 0 Å². The van der Waals surface area contributed by atoms with Gasteiger partial charge in [0, 0.05) is 36.3 Å². The summed E-state index contributed by atoms with van der Waals surface area (Å²) >= 11 is 3.25. The van der Waals surface area contributed by atoms with Crippen LogP contribution in [0, 0.1) is 5.41 Å². The number of Topliss-reactive ketones (excluding diaryl/α,β-unsaturated/α-hetero) is 1. The van der Waals surface area contributed by atoms with E-state index in [9.17, 15) is 19.5 Å². The van der Waals surface area contributed by atoms with E-state index < -0.39 is 6.04 Å². The van der Waals surface area contributed by atoms with Crippen LogP contribution in [-0.2, 0) is 22.7 Å². The van der Waals surface area contributed by atoms with E-state index in [2.05, 4.69) is 53.2 Å². The van der Waals surface area contributed by atoms with Gasteiger partial charge in [-0.3, -0.25) is 24.0 Å². The third-order valence-corrected chi connectivity index (χ3v) is 8.01. The molecule has 1 aliphatic heterocycles. The van der Waals surface area contributed by atoms with Crippen molar-refractivity contribution in [2.45, 2.75) is 51.9 Å². The number of hydrogen-bond acceptors (Lipinski definition) is 9. The molecule has 0 spiro atoms. The van der Waals surface area contributed by atoms with E-state index in [0.29, 0.717) is 39.1 Å². The standard InChI is InChI=1S/C27H25BrN8O4/c1-14(38)25-17-5-15(16-8-30-23(13-37)31-9-16)3-4-18(17)35(34-25)12-24(39)36-19(6-27(2)7-20(27)36)26(40)33-22-11-29-10-21(28)32-22/h3-5,8-11,19-20,37H,6-7,12-13H2,1-2H3,(H,32,33,40)/t19-,20+,27-/m0/s1. The van der Waals surface area contributed by atoms with Crippen LogP contribution < -0.4 is 5.32 Å². The lowest BCUT2D eigenvalue weighted by molar-refractivity contribution is -0.138. The number of fused-ring (bicyclic) bond motifs is 2. The molecule has 4 aromatic rings. The SMILES string of the molecule is CC(=O)c1nn(CC(=O)N2[C@H](C(=O)Nc3cncc(Br)n3)C[C@@]3(C)C[C@@H]23)c2ccc(-c3cnc(CO)nc3)cc12. The molecule has 4 heterocycles. The number of nitrogens with one attached hydrogen (secondary N) is 1. The highest BCUT2D eigenvalue weighted by molar-refractivity contribution is 9.10. The summed E-state index contributed by atoms with van der Waals surface area (Å²) in [5, 5.41) is 17.1. The predicted molar refractivity (Wildman–Crippen MR) is 147 cm³/mol. The van der Waals surface area contributed by atoms with E-state index >= 15 is 0 Å².